The zero-order valence-corrected chi connectivity index (χ0v) is 16.1. The van der Waals surface area contributed by atoms with Gasteiger partial charge in [-0.3, -0.25) is 4.99 Å². The van der Waals surface area contributed by atoms with Crippen LogP contribution in [-0.2, 0) is 4.74 Å². The van der Waals surface area contributed by atoms with Crippen LogP contribution in [0.5, 0.6) is 0 Å². The molecule has 0 unspecified atom stereocenters. The van der Waals surface area contributed by atoms with E-state index in [2.05, 4.69) is 27.4 Å². The summed E-state index contributed by atoms with van der Waals surface area (Å²) in [5, 5.41) is 7.26. The van der Waals surface area contributed by atoms with Crippen molar-refractivity contribution < 1.29 is 4.74 Å². The van der Waals surface area contributed by atoms with E-state index in [1.54, 1.807) is 7.11 Å². The molecule has 0 aromatic rings. The average molecular weight is 339 g/mol. The van der Waals surface area contributed by atoms with Gasteiger partial charge in [-0.05, 0) is 43.9 Å². The Kier molecular flexibility index (Phi) is 8.33. The Bertz CT molecular complexity index is 372. The molecule has 0 aromatic carbocycles. The molecule has 24 heavy (non-hydrogen) atoms. The molecular weight excluding hydrogens is 300 g/mol. The second-order valence-corrected chi connectivity index (χ2v) is 7.59. The van der Waals surface area contributed by atoms with Crippen LogP contribution in [0, 0.1) is 5.41 Å². The maximum absolute atomic E-state index is 5.14. The summed E-state index contributed by atoms with van der Waals surface area (Å²) < 4.78 is 5.14. The Hall–Kier alpha value is -0.810. The Morgan fingerprint density at radius 2 is 1.96 bits per heavy atom. The number of aliphatic imine (C=N–C) groups is 1. The predicted molar refractivity (Wildman–Crippen MR) is 102 cm³/mol. The fourth-order valence-corrected chi connectivity index (χ4v) is 4.17. The fraction of sp³-hybridized carbons (Fsp3) is 0.947. The zero-order valence-electron chi connectivity index (χ0n) is 16.1. The number of rotatable bonds is 8. The van der Waals surface area contributed by atoms with E-state index in [0.29, 0.717) is 11.5 Å². The number of likely N-dealkylation sites (tertiary alicyclic amines) is 1. The van der Waals surface area contributed by atoms with E-state index in [4.69, 9.17) is 4.74 Å². The van der Waals surface area contributed by atoms with Gasteiger partial charge in [0.1, 0.15) is 0 Å². The van der Waals surface area contributed by atoms with Crippen LogP contribution in [0.25, 0.3) is 0 Å². The van der Waals surface area contributed by atoms with Crippen molar-refractivity contribution in [1.29, 1.82) is 0 Å². The van der Waals surface area contributed by atoms with Gasteiger partial charge >= 0.3 is 0 Å². The summed E-state index contributed by atoms with van der Waals surface area (Å²) in [6.07, 6.45) is 10.3. The number of ether oxygens (including phenoxy) is 1. The van der Waals surface area contributed by atoms with Crippen molar-refractivity contribution in [2.24, 2.45) is 10.4 Å². The van der Waals surface area contributed by atoms with Gasteiger partial charge in [-0.1, -0.05) is 19.8 Å². The molecule has 1 heterocycles. The molecule has 2 N–H and O–H groups in total. The smallest absolute Gasteiger partial charge is 0.191 e. The number of nitrogens with zero attached hydrogens (tertiary/aromatic N) is 2. The van der Waals surface area contributed by atoms with E-state index in [1.165, 1.54) is 58.0 Å². The molecule has 2 fully saturated rings. The van der Waals surface area contributed by atoms with E-state index in [-0.39, 0.29) is 0 Å². The highest BCUT2D eigenvalue weighted by Crippen LogP contribution is 2.40. The molecule has 1 aliphatic carbocycles. The van der Waals surface area contributed by atoms with Crippen LogP contribution in [0.4, 0.5) is 0 Å². The predicted octanol–water partition coefficient (Wildman–Crippen LogP) is 2.62. The zero-order chi connectivity index (χ0) is 17.3. The van der Waals surface area contributed by atoms with Gasteiger partial charge in [0.2, 0.25) is 0 Å². The Labute approximate surface area is 148 Å². The maximum Gasteiger partial charge on any atom is 0.191 e. The van der Waals surface area contributed by atoms with Crippen LogP contribution in [0.2, 0.25) is 0 Å². The molecular formula is C19H38N4O. The summed E-state index contributed by atoms with van der Waals surface area (Å²) in [7, 11) is 3.67. The second-order valence-electron chi connectivity index (χ2n) is 7.59. The van der Waals surface area contributed by atoms with Crippen LogP contribution >= 0.6 is 0 Å². The van der Waals surface area contributed by atoms with Crippen LogP contribution in [0.1, 0.15) is 58.3 Å². The number of methoxy groups -OCH3 is 1. The minimum Gasteiger partial charge on any atom is -0.385 e. The maximum atomic E-state index is 5.14. The molecule has 0 atom stereocenters. The van der Waals surface area contributed by atoms with Gasteiger partial charge in [0, 0.05) is 53.0 Å². The van der Waals surface area contributed by atoms with E-state index in [1.807, 2.05) is 7.05 Å². The molecule has 0 bridgehead atoms. The Morgan fingerprint density at radius 3 is 2.54 bits per heavy atom. The first-order valence-corrected chi connectivity index (χ1v) is 9.90. The fourth-order valence-electron chi connectivity index (χ4n) is 4.17. The molecule has 5 heteroatoms. The molecule has 2 aliphatic rings. The van der Waals surface area contributed by atoms with E-state index in [9.17, 15) is 0 Å². The molecule has 1 aliphatic heterocycles. The lowest BCUT2D eigenvalue weighted by Crippen LogP contribution is -2.50. The summed E-state index contributed by atoms with van der Waals surface area (Å²) in [5.41, 5.74) is 0.502. The standard InChI is InChI=1S/C19H38N4O/c1-4-19(10-5-6-11-19)16-21-18(20-2)22-17-8-13-23(14-9-17)12-7-15-24-3/h17H,4-16H2,1-3H3,(H2,20,21,22). The lowest BCUT2D eigenvalue weighted by molar-refractivity contribution is 0.155. The van der Waals surface area contributed by atoms with Gasteiger partial charge in [-0.15, -0.1) is 0 Å². The van der Waals surface area contributed by atoms with Gasteiger partial charge in [0.15, 0.2) is 5.96 Å². The molecule has 140 valence electrons. The highest BCUT2D eigenvalue weighted by Gasteiger charge is 2.32. The average Bonchev–Trinajstić information content (AvgIpc) is 3.09. The number of piperidine rings is 1. The number of hydrogen-bond acceptors (Lipinski definition) is 3. The van der Waals surface area contributed by atoms with Crippen molar-refractivity contribution >= 4 is 5.96 Å². The van der Waals surface area contributed by atoms with Gasteiger partial charge in [-0.2, -0.15) is 0 Å². The van der Waals surface area contributed by atoms with Crippen LogP contribution in [0.3, 0.4) is 0 Å². The summed E-state index contributed by atoms with van der Waals surface area (Å²) in [6.45, 7) is 7.79. The van der Waals surface area contributed by atoms with Gasteiger partial charge in [0.25, 0.3) is 0 Å². The molecule has 5 nitrogen and oxygen atoms in total. The van der Waals surface area contributed by atoms with E-state index in [0.717, 1.165) is 32.1 Å². The third kappa shape index (κ3) is 5.92. The minimum absolute atomic E-state index is 0.502. The topological polar surface area (TPSA) is 48.9 Å². The van der Waals surface area contributed by atoms with Gasteiger partial charge in [0.05, 0.1) is 0 Å². The molecule has 0 spiro atoms. The summed E-state index contributed by atoms with van der Waals surface area (Å²) in [5.74, 6) is 0.993. The van der Waals surface area contributed by atoms with Crippen LogP contribution in [-0.4, -0.2) is 63.8 Å². The molecule has 2 rings (SSSR count). The first-order chi connectivity index (χ1) is 11.7. The number of hydrogen-bond donors (Lipinski definition) is 2. The summed E-state index contributed by atoms with van der Waals surface area (Å²) >= 11 is 0. The van der Waals surface area contributed by atoms with Crippen molar-refractivity contribution in [3.05, 3.63) is 0 Å². The Balaban J connectivity index is 1.68. The number of nitrogens with one attached hydrogen (secondary N) is 2. The molecule has 1 saturated carbocycles. The van der Waals surface area contributed by atoms with Crippen molar-refractivity contribution in [2.45, 2.75) is 64.3 Å². The first kappa shape index (κ1) is 19.5. The third-order valence-corrected chi connectivity index (χ3v) is 6.02. The Morgan fingerprint density at radius 1 is 1.25 bits per heavy atom. The monoisotopic (exact) mass is 338 g/mol. The molecule has 0 radical (unpaired) electrons. The molecule has 0 amide bonds. The quantitative estimate of drug-likeness (QED) is 0.406. The first-order valence-electron chi connectivity index (χ1n) is 9.90. The van der Waals surface area contributed by atoms with Crippen molar-refractivity contribution in [1.82, 2.24) is 15.5 Å². The lowest BCUT2D eigenvalue weighted by Gasteiger charge is -2.34. The van der Waals surface area contributed by atoms with Crippen LogP contribution < -0.4 is 10.6 Å². The highest BCUT2D eigenvalue weighted by atomic mass is 16.5. The van der Waals surface area contributed by atoms with Crippen LogP contribution in [0.15, 0.2) is 4.99 Å². The van der Waals surface area contributed by atoms with Crippen molar-refractivity contribution in [3.8, 4) is 0 Å². The second kappa shape index (κ2) is 10.2. The normalized spacial score (nSPS) is 22.7. The van der Waals surface area contributed by atoms with Crippen molar-refractivity contribution in [3.63, 3.8) is 0 Å². The summed E-state index contributed by atoms with van der Waals surface area (Å²) in [4.78, 5) is 7.01. The SMILES string of the molecule is CCC1(CNC(=NC)NC2CCN(CCCOC)CC2)CCCC1. The van der Waals surface area contributed by atoms with Gasteiger partial charge in [-0.25, -0.2) is 0 Å². The molecule has 0 aromatic heterocycles. The highest BCUT2D eigenvalue weighted by molar-refractivity contribution is 5.80. The molecule has 1 saturated heterocycles. The summed E-state index contributed by atoms with van der Waals surface area (Å²) in [6, 6.07) is 0.552. The van der Waals surface area contributed by atoms with Gasteiger partial charge < -0.3 is 20.3 Å². The minimum atomic E-state index is 0.502. The largest absolute Gasteiger partial charge is 0.385 e. The van der Waals surface area contributed by atoms with E-state index >= 15 is 0 Å². The lowest BCUT2D eigenvalue weighted by atomic mass is 9.83. The van der Waals surface area contributed by atoms with Crippen molar-refractivity contribution in [2.75, 3.05) is 46.9 Å². The third-order valence-electron chi connectivity index (χ3n) is 6.02. The van der Waals surface area contributed by atoms with E-state index < -0.39 is 0 Å². The number of guanidine groups is 1.